The van der Waals surface area contributed by atoms with E-state index in [9.17, 15) is 0 Å². The first kappa shape index (κ1) is 13.9. The predicted molar refractivity (Wildman–Crippen MR) is 59.2 cm³/mol. The highest BCUT2D eigenvalue weighted by Crippen LogP contribution is 2.08. The van der Waals surface area contributed by atoms with E-state index in [4.69, 9.17) is 10.2 Å². The van der Waals surface area contributed by atoms with Crippen LogP contribution in [0.2, 0.25) is 0 Å². The summed E-state index contributed by atoms with van der Waals surface area (Å²) in [5.41, 5.74) is 0. The standard InChI is InChI=1S/C11H25NO2/c1-9(2)5-4-6-10(3)12-11(7-13)8-14/h9-14H,4-8H2,1-3H3. The molecule has 0 saturated carbocycles. The fraction of sp³-hybridized carbons (Fsp3) is 1.00. The summed E-state index contributed by atoms with van der Waals surface area (Å²) >= 11 is 0. The van der Waals surface area contributed by atoms with Crippen LogP contribution in [0.5, 0.6) is 0 Å². The van der Waals surface area contributed by atoms with Gasteiger partial charge < -0.3 is 15.5 Å². The Hall–Kier alpha value is -0.120. The van der Waals surface area contributed by atoms with Gasteiger partial charge in [0.2, 0.25) is 0 Å². The van der Waals surface area contributed by atoms with E-state index in [2.05, 4.69) is 26.1 Å². The van der Waals surface area contributed by atoms with Gasteiger partial charge >= 0.3 is 0 Å². The molecule has 1 unspecified atom stereocenters. The lowest BCUT2D eigenvalue weighted by Crippen LogP contribution is -2.41. The van der Waals surface area contributed by atoms with E-state index in [1.807, 2.05) is 0 Å². The van der Waals surface area contributed by atoms with E-state index in [1.54, 1.807) is 0 Å². The minimum atomic E-state index is -0.163. The molecule has 3 nitrogen and oxygen atoms in total. The molecule has 0 aromatic carbocycles. The summed E-state index contributed by atoms with van der Waals surface area (Å²) in [6, 6.07) is 0.210. The third kappa shape index (κ3) is 7.30. The van der Waals surface area contributed by atoms with Gasteiger partial charge in [-0.25, -0.2) is 0 Å². The van der Waals surface area contributed by atoms with Gasteiger partial charge in [-0.2, -0.15) is 0 Å². The van der Waals surface area contributed by atoms with Crippen molar-refractivity contribution in [2.45, 2.75) is 52.1 Å². The molecular weight excluding hydrogens is 178 g/mol. The lowest BCUT2D eigenvalue weighted by Gasteiger charge is -2.20. The Kier molecular flexibility index (Phi) is 8.14. The summed E-state index contributed by atoms with van der Waals surface area (Å²) < 4.78 is 0. The van der Waals surface area contributed by atoms with Gasteiger partial charge in [-0.15, -0.1) is 0 Å². The van der Waals surface area contributed by atoms with E-state index in [1.165, 1.54) is 12.8 Å². The van der Waals surface area contributed by atoms with Gasteiger partial charge in [-0.1, -0.05) is 26.7 Å². The molecule has 0 fully saturated rings. The number of hydrogen-bond acceptors (Lipinski definition) is 3. The van der Waals surface area contributed by atoms with Crippen LogP contribution in [-0.4, -0.2) is 35.5 Å². The van der Waals surface area contributed by atoms with Gasteiger partial charge in [-0.05, 0) is 19.3 Å². The Labute approximate surface area is 87.5 Å². The Morgan fingerprint density at radius 3 is 2.00 bits per heavy atom. The molecule has 0 aromatic rings. The molecule has 0 aliphatic carbocycles. The molecule has 0 rings (SSSR count). The number of rotatable bonds is 8. The van der Waals surface area contributed by atoms with Crippen molar-refractivity contribution in [3.05, 3.63) is 0 Å². The zero-order valence-electron chi connectivity index (χ0n) is 9.66. The molecule has 0 radical (unpaired) electrons. The molecule has 3 heteroatoms. The average Bonchev–Trinajstić information content (AvgIpc) is 2.13. The van der Waals surface area contributed by atoms with Crippen molar-refractivity contribution in [3.63, 3.8) is 0 Å². The second kappa shape index (κ2) is 8.21. The summed E-state index contributed by atoms with van der Waals surface area (Å²) in [7, 11) is 0. The van der Waals surface area contributed by atoms with Crippen molar-refractivity contribution in [2.75, 3.05) is 13.2 Å². The lowest BCUT2D eigenvalue weighted by atomic mass is 10.0. The first-order valence-corrected chi connectivity index (χ1v) is 5.57. The van der Waals surface area contributed by atoms with Gasteiger partial charge in [0.25, 0.3) is 0 Å². The van der Waals surface area contributed by atoms with Crippen molar-refractivity contribution in [2.24, 2.45) is 5.92 Å². The van der Waals surface area contributed by atoms with Crippen LogP contribution in [0.1, 0.15) is 40.0 Å². The van der Waals surface area contributed by atoms with Gasteiger partial charge in [-0.3, -0.25) is 0 Å². The maximum Gasteiger partial charge on any atom is 0.0607 e. The predicted octanol–water partition coefficient (Wildman–Crippen LogP) is 1.14. The highest BCUT2D eigenvalue weighted by Gasteiger charge is 2.09. The van der Waals surface area contributed by atoms with E-state index < -0.39 is 0 Å². The van der Waals surface area contributed by atoms with Crippen molar-refractivity contribution < 1.29 is 10.2 Å². The lowest BCUT2D eigenvalue weighted by molar-refractivity contribution is 0.161. The van der Waals surface area contributed by atoms with Gasteiger partial charge in [0, 0.05) is 6.04 Å². The van der Waals surface area contributed by atoms with Gasteiger partial charge in [0.15, 0.2) is 0 Å². The van der Waals surface area contributed by atoms with Gasteiger partial charge in [0.1, 0.15) is 0 Å². The molecule has 0 bridgehead atoms. The van der Waals surface area contributed by atoms with Crippen LogP contribution >= 0.6 is 0 Å². The first-order valence-electron chi connectivity index (χ1n) is 5.57. The third-order valence-corrected chi connectivity index (χ3v) is 2.38. The van der Waals surface area contributed by atoms with E-state index in [0.717, 1.165) is 12.3 Å². The quantitative estimate of drug-likeness (QED) is 0.554. The molecule has 1 atom stereocenters. The molecule has 86 valence electrons. The number of hydrogen-bond donors (Lipinski definition) is 3. The smallest absolute Gasteiger partial charge is 0.0607 e. The highest BCUT2D eigenvalue weighted by molar-refractivity contribution is 4.69. The SMILES string of the molecule is CC(C)CCCC(C)NC(CO)CO. The van der Waals surface area contributed by atoms with Crippen LogP contribution in [0.3, 0.4) is 0 Å². The fourth-order valence-corrected chi connectivity index (χ4v) is 1.48. The second-order valence-electron chi connectivity index (χ2n) is 4.45. The van der Waals surface area contributed by atoms with E-state index in [-0.39, 0.29) is 19.3 Å². The van der Waals surface area contributed by atoms with Crippen LogP contribution in [-0.2, 0) is 0 Å². The van der Waals surface area contributed by atoms with Crippen molar-refractivity contribution in [1.29, 1.82) is 0 Å². The van der Waals surface area contributed by atoms with Crippen LogP contribution in [0, 0.1) is 5.92 Å². The maximum atomic E-state index is 8.87. The summed E-state index contributed by atoms with van der Waals surface area (Å²) in [6.07, 6.45) is 3.55. The van der Waals surface area contributed by atoms with Crippen LogP contribution < -0.4 is 5.32 Å². The summed E-state index contributed by atoms with van der Waals surface area (Å²) in [5, 5.41) is 20.9. The van der Waals surface area contributed by atoms with Crippen molar-refractivity contribution in [1.82, 2.24) is 5.32 Å². The second-order valence-corrected chi connectivity index (χ2v) is 4.45. The largest absolute Gasteiger partial charge is 0.395 e. The minimum Gasteiger partial charge on any atom is -0.395 e. The van der Waals surface area contributed by atoms with Crippen LogP contribution in [0.25, 0.3) is 0 Å². The molecule has 3 N–H and O–H groups in total. The summed E-state index contributed by atoms with van der Waals surface area (Å²) in [4.78, 5) is 0. The monoisotopic (exact) mass is 203 g/mol. The Bertz CT molecular complexity index is 124. The van der Waals surface area contributed by atoms with E-state index in [0.29, 0.717) is 6.04 Å². The molecule has 0 amide bonds. The molecular formula is C11H25NO2. The number of aliphatic hydroxyl groups is 2. The number of nitrogens with one attached hydrogen (secondary N) is 1. The number of aliphatic hydroxyl groups excluding tert-OH is 2. The molecule has 0 heterocycles. The molecule has 14 heavy (non-hydrogen) atoms. The van der Waals surface area contributed by atoms with E-state index >= 15 is 0 Å². The molecule has 0 aliphatic heterocycles. The Morgan fingerprint density at radius 1 is 1.00 bits per heavy atom. The molecule has 0 aliphatic rings. The molecule has 0 spiro atoms. The maximum absolute atomic E-state index is 8.87. The Morgan fingerprint density at radius 2 is 1.57 bits per heavy atom. The van der Waals surface area contributed by atoms with Gasteiger partial charge in [0.05, 0.1) is 19.3 Å². The van der Waals surface area contributed by atoms with Crippen LogP contribution in [0.15, 0.2) is 0 Å². The normalized spacial score (nSPS) is 13.9. The zero-order chi connectivity index (χ0) is 11.0. The van der Waals surface area contributed by atoms with Crippen molar-refractivity contribution in [3.8, 4) is 0 Å². The first-order chi connectivity index (χ1) is 6.60. The fourth-order valence-electron chi connectivity index (χ4n) is 1.48. The summed E-state index contributed by atoms with van der Waals surface area (Å²) in [6.45, 7) is 6.55. The summed E-state index contributed by atoms with van der Waals surface area (Å²) in [5.74, 6) is 0.758. The topological polar surface area (TPSA) is 52.5 Å². The molecule has 0 saturated heterocycles. The molecule has 0 aromatic heterocycles. The zero-order valence-corrected chi connectivity index (χ0v) is 9.66. The van der Waals surface area contributed by atoms with Crippen LogP contribution in [0.4, 0.5) is 0 Å². The Balaban J connectivity index is 3.48. The van der Waals surface area contributed by atoms with Crippen molar-refractivity contribution >= 4 is 0 Å². The minimum absolute atomic E-state index is 0.00498. The average molecular weight is 203 g/mol. The third-order valence-electron chi connectivity index (χ3n) is 2.38. The highest BCUT2D eigenvalue weighted by atomic mass is 16.3.